The second kappa shape index (κ2) is 5.05. The second-order valence-corrected chi connectivity index (χ2v) is 3.86. The van der Waals surface area contributed by atoms with Crippen LogP contribution in [0.1, 0.15) is 30.7 Å². The van der Waals surface area contributed by atoms with Gasteiger partial charge in [0.25, 0.3) is 0 Å². The third kappa shape index (κ3) is 2.68. The highest BCUT2D eigenvalue weighted by molar-refractivity contribution is 5.17. The molecule has 0 spiro atoms. The van der Waals surface area contributed by atoms with Gasteiger partial charge in [-0.05, 0) is 12.5 Å². The van der Waals surface area contributed by atoms with Crippen molar-refractivity contribution in [2.24, 2.45) is 0 Å². The van der Waals surface area contributed by atoms with Gasteiger partial charge in [0, 0.05) is 5.56 Å². The minimum absolute atomic E-state index is 0.263. The second-order valence-electron chi connectivity index (χ2n) is 3.86. The summed E-state index contributed by atoms with van der Waals surface area (Å²) in [7, 11) is 0. The van der Waals surface area contributed by atoms with Crippen LogP contribution in [0.15, 0.2) is 30.5 Å². The first-order valence-corrected chi connectivity index (χ1v) is 5.52. The highest BCUT2D eigenvalue weighted by Crippen LogP contribution is 2.13. The summed E-state index contributed by atoms with van der Waals surface area (Å²) in [6.45, 7) is 2.18. The fourth-order valence-electron chi connectivity index (χ4n) is 1.55. The molecular weight excluding hydrogens is 221 g/mol. The van der Waals surface area contributed by atoms with Gasteiger partial charge >= 0.3 is 0 Å². The third-order valence-corrected chi connectivity index (χ3v) is 2.57. The molecule has 1 N–H and O–H groups in total. The van der Waals surface area contributed by atoms with Crippen molar-refractivity contribution in [3.63, 3.8) is 0 Å². The van der Waals surface area contributed by atoms with Crippen LogP contribution in [0, 0.1) is 5.82 Å². The number of hydrogen-bond acceptors (Lipinski definition) is 3. The molecule has 1 unspecified atom stereocenters. The third-order valence-electron chi connectivity index (χ3n) is 2.57. The maximum absolute atomic E-state index is 13.4. The van der Waals surface area contributed by atoms with Crippen molar-refractivity contribution in [3.8, 4) is 0 Å². The van der Waals surface area contributed by atoms with Crippen LogP contribution in [0.4, 0.5) is 4.39 Å². The van der Waals surface area contributed by atoms with Crippen LogP contribution in [0.2, 0.25) is 0 Å². The van der Waals surface area contributed by atoms with Crippen molar-refractivity contribution in [3.05, 3.63) is 47.5 Å². The van der Waals surface area contributed by atoms with E-state index in [4.69, 9.17) is 0 Å². The Labute approximate surface area is 98.7 Å². The Bertz CT molecular complexity index is 498. The molecule has 1 heterocycles. The fraction of sp³-hybridized carbons (Fsp3) is 0.333. The fourth-order valence-corrected chi connectivity index (χ4v) is 1.55. The van der Waals surface area contributed by atoms with Gasteiger partial charge in [0.1, 0.15) is 11.5 Å². The van der Waals surface area contributed by atoms with Crippen LogP contribution < -0.4 is 0 Å². The Morgan fingerprint density at radius 1 is 1.41 bits per heavy atom. The zero-order chi connectivity index (χ0) is 12.3. The first-order chi connectivity index (χ1) is 8.20. The molecule has 0 bridgehead atoms. The number of hydrogen-bond donors (Lipinski definition) is 1. The number of aliphatic hydroxyl groups excluding tert-OH is 1. The number of aliphatic hydroxyl groups is 1. The summed E-state index contributed by atoms with van der Waals surface area (Å²) in [5, 5.41) is 17.3. The van der Waals surface area contributed by atoms with Crippen molar-refractivity contribution >= 4 is 0 Å². The van der Waals surface area contributed by atoms with Crippen molar-refractivity contribution < 1.29 is 9.50 Å². The molecule has 0 radical (unpaired) electrons. The topological polar surface area (TPSA) is 50.9 Å². The van der Waals surface area contributed by atoms with E-state index in [9.17, 15) is 9.50 Å². The molecule has 4 nitrogen and oxygen atoms in total. The van der Waals surface area contributed by atoms with E-state index >= 15 is 0 Å². The molecule has 0 saturated carbocycles. The lowest BCUT2D eigenvalue weighted by Crippen LogP contribution is -2.02. The molecule has 1 atom stereocenters. The molecule has 0 saturated heterocycles. The van der Waals surface area contributed by atoms with Gasteiger partial charge in [-0.25, -0.2) is 9.07 Å². The zero-order valence-electron chi connectivity index (χ0n) is 9.55. The van der Waals surface area contributed by atoms with Crippen LogP contribution in [0.5, 0.6) is 0 Å². The highest BCUT2D eigenvalue weighted by atomic mass is 19.1. The summed E-state index contributed by atoms with van der Waals surface area (Å²) in [5.41, 5.74) is 1.07. The van der Waals surface area contributed by atoms with E-state index in [-0.39, 0.29) is 5.82 Å². The van der Waals surface area contributed by atoms with Crippen molar-refractivity contribution in [2.75, 3.05) is 0 Å². The molecule has 0 fully saturated rings. The predicted octanol–water partition coefficient (Wildman–Crippen LogP) is 1.91. The molecule has 1 aromatic carbocycles. The lowest BCUT2D eigenvalue weighted by atomic mass is 10.2. The molecule has 0 aliphatic rings. The van der Waals surface area contributed by atoms with E-state index < -0.39 is 6.10 Å². The average molecular weight is 235 g/mol. The standard InChI is InChI=1S/C12H14FN3O/c1-2-12(17)11-8-16(15-14-11)7-9-5-3-4-6-10(9)13/h3-6,8,12,17H,2,7H2,1H3. The molecule has 2 aromatic rings. The van der Waals surface area contributed by atoms with Crippen molar-refractivity contribution in [1.29, 1.82) is 0 Å². The van der Waals surface area contributed by atoms with Gasteiger partial charge < -0.3 is 5.11 Å². The zero-order valence-corrected chi connectivity index (χ0v) is 9.55. The SMILES string of the molecule is CCC(O)c1cn(Cc2ccccc2F)nn1. The summed E-state index contributed by atoms with van der Waals surface area (Å²) in [6, 6.07) is 6.53. The lowest BCUT2D eigenvalue weighted by Gasteiger charge is -2.02. The van der Waals surface area contributed by atoms with Crippen molar-refractivity contribution in [2.45, 2.75) is 26.0 Å². The summed E-state index contributed by atoms with van der Waals surface area (Å²) >= 11 is 0. The molecule has 0 aliphatic carbocycles. The molecule has 1 aromatic heterocycles. The quantitative estimate of drug-likeness (QED) is 0.880. The molecule has 0 aliphatic heterocycles. The van der Waals surface area contributed by atoms with E-state index in [0.29, 0.717) is 24.2 Å². The van der Waals surface area contributed by atoms with Gasteiger partial charge in [0.15, 0.2) is 0 Å². The van der Waals surface area contributed by atoms with Gasteiger partial charge in [-0.15, -0.1) is 5.10 Å². The Morgan fingerprint density at radius 2 is 2.18 bits per heavy atom. The summed E-state index contributed by atoms with van der Waals surface area (Å²) < 4.78 is 14.9. The number of aromatic nitrogens is 3. The van der Waals surface area contributed by atoms with Crippen LogP contribution in [-0.4, -0.2) is 20.1 Å². The monoisotopic (exact) mass is 235 g/mol. The van der Waals surface area contributed by atoms with E-state index in [2.05, 4.69) is 10.3 Å². The maximum atomic E-state index is 13.4. The minimum atomic E-state index is -0.607. The predicted molar refractivity (Wildman–Crippen MR) is 60.8 cm³/mol. The summed E-state index contributed by atoms with van der Waals surface area (Å²) in [5.74, 6) is -0.263. The van der Waals surface area contributed by atoms with E-state index in [1.54, 1.807) is 24.4 Å². The number of halogens is 1. The van der Waals surface area contributed by atoms with E-state index in [1.165, 1.54) is 10.7 Å². The average Bonchev–Trinajstić information content (AvgIpc) is 2.80. The normalized spacial score (nSPS) is 12.6. The van der Waals surface area contributed by atoms with Crippen LogP contribution in [0.3, 0.4) is 0 Å². The molecule has 17 heavy (non-hydrogen) atoms. The first-order valence-electron chi connectivity index (χ1n) is 5.52. The molecule has 5 heteroatoms. The largest absolute Gasteiger partial charge is 0.387 e. The maximum Gasteiger partial charge on any atom is 0.128 e. The Hall–Kier alpha value is -1.75. The number of nitrogens with zero attached hydrogens (tertiary/aromatic N) is 3. The molecule has 2 rings (SSSR count). The van der Waals surface area contributed by atoms with E-state index in [0.717, 1.165) is 0 Å². The van der Waals surface area contributed by atoms with Gasteiger partial charge in [0.05, 0.1) is 18.8 Å². The first kappa shape index (κ1) is 11.7. The number of benzene rings is 1. The molecular formula is C12H14FN3O. The minimum Gasteiger partial charge on any atom is -0.387 e. The van der Waals surface area contributed by atoms with Crippen LogP contribution in [0.25, 0.3) is 0 Å². The summed E-state index contributed by atoms with van der Waals surface area (Å²) in [6.07, 6.45) is 1.61. The Morgan fingerprint density at radius 3 is 2.88 bits per heavy atom. The smallest absolute Gasteiger partial charge is 0.128 e. The Kier molecular flexibility index (Phi) is 3.49. The number of rotatable bonds is 4. The summed E-state index contributed by atoms with van der Waals surface area (Å²) in [4.78, 5) is 0. The lowest BCUT2D eigenvalue weighted by molar-refractivity contribution is 0.168. The van der Waals surface area contributed by atoms with E-state index in [1.807, 2.05) is 6.92 Å². The van der Waals surface area contributed by atoms with Crippen LogP contribution in [-0.2, 0) is 6.54 Å². The van der Waals surface area contributed by atoms with Gasteiger partial charge in [-0.1, -0.05) is 30.3 Å². The van der Waals surface area contributed by atoms with Gasteiger partial charge in [0.2, 0.25) is 0 Å². The van der Waals surface area contributed by atoms with Crippen molar-refractivity contribution in [1.82, 2.24) is 15.0 Å². The van der Waals surface area contributed by atoms with Gasteiger partial charge in [-0.3, -0.25) is 0 Å². The van der Waals surface area contributed by atoms with Crippen LogP contribution >= 0.6 is 0 Å². The Balaban J connectivity index is 2.14. The highest BCUT2D eigenvalue weighted by Gasteiger charge is 2.10. The molecule has 0 amide bonds. The molecule has 90 valence electrons. The van der Waals surface area contributed by atoms with Gasteiger partial charge in [-0.2, -0.15) is 0 Å².